The molecule has 0 atom stereocenters. The molecule has 0 aliphatic rings. The zero-order valence-electron chi connectivity index (χ0n) is 10.8. The Labute approximate surface area is 106 Å². The van der Waals surface area contributed by atoms with Crippen molar-refractivity contribution in [3.05, 3.63) is 24.2 Å². The summed E-state index contributed by atoms with van der Waals surface area (Å²) in [5, 5.41) is 11.5. The lowest BCUT2D eigenvalue weighted by atomic mass is 9.94. The van der Waals surface area contributed by atoms with Gasteiger partial charge in [0.05, 0.1) is 18.2 Å². The number of amides is 2. The highest BCUT2D eigenvalue weighted by atomic mass is 16.4. The number of aliphatic carboxylic acids is 1. The SMILES string of the molecule is CN(Cc1ccco1)C(=O)NCC(C)(C)C(=O)O. The molecule has 1 rings (SSSR count). The molecule has 0 saturated heterocycles. The molecule has 1 heterocycles. The summed E-state index contributed by atoms with van der Waals surface area (Å²) in [4.78, 5) is 24.0. The standard InChI is InChI=1S/C12H18N2O4/c1-12(2,10(15)16)8-13-11(17)14(3)7-9-5-4-6-18-9/h4-6H,7-8H2,1-3H3,(H,13,17)(H,15,16). The molecule has 0 spiro atoms. The van der Waals surface area contributed by atoms with Crippen molar-refractivity contribution in [3.63, 3.8) is 0 Å². The number of hydrogen-bond acceptors (Lipinski definition) is 3. The van der Waals surface area contributed by atoms with Gasteiger partial charge in [-0.2, -0.15) is 0 Å². The fourth-order valence-electron chi connectivity index (χ4n) is 1.22. The first kappa shape index (κ1) is 14.1. The smallest absolute Gasteiger partial charge is 0.317 e. The average molecular weight is 254 g/mol. The molecular formula is C12H18N2O4. The Balaban J connectivity index is 2.43. The van der Waals surface area contributed by atoms with Crippen LogP contribution in [0.1, 0.15) is 19.6 Å². The number of carboxylic acid groups (broad SMARTS) is 1. The van der Waals surface area contributed by atoms with Crippen LogP contribution in [-0.4, -0.2) is 35.6 Å². The summed E-state index contributed by atoms with van der Waals surface area (Å²) in [6.07, 6.45) is 1.54. The second-order valence-corrected chi connectivity index (χ2v) is 4.78. The second kappa shape index (κ2) is 5.57. The molecule has 0 bridgehead atoms. The van der Waals surface area contributed by atoms with Crippen molar-refractivity contribution in [1.29, 1.82) is 0 Å². The quantitative estimate of drug-likeness (QED) is 0.834. The minimum atomic E-state index is -0.985. The van der Waals surface area contributed by atoms with Crippen molar-refractivity contribution in [2.75, 3.05) is 13.6 Å². The number of hydrogen-bond donors (Lipinski definition) is 2. The molecule has 0 aromatic carbocycles. The molecule has 0 unspecified atom stereocenters. The van der Waals surface area contributed by atoms with Crippen LogP contribution >= 0.6 is 0 Å². The van der Waals surface area contributed by atoms with Crippen LogP contribution in [0.5, 0.6) is 0 Å². The fourth-order valence-corrected chi connectivity index (χ4v) is 1.22. The predicted octanol–water partition coefficient (Wildman–Crippen LogP) is 1.53. The van der Waals surface area contributed by atoms with Crippen molar-refractivity contribution in [1.82, 2.24) is 10.2 Å². The Morgan fingerprint density at radius 2 is 2.17 bits per heavy atom. The molecule has 6 heteroatoms. The van der Waals surface area contributed by atoms with Crippen LogP contribution in [0.25, 0.3) is 0 Å². The molecule has 1 aromatic rings. The Morgan fingerprint density at radius 1 is 1.50 bits per heavy atom. The van der Waals surface area contributed by atoms with Gasteiger partial charge in [0.1, 0.15) is 5.76 Å². The third-order valence-electron chi connectivity index (χ3n) is 2.58. The van der Waals surface area contributed by atoms with Crippen molar-refractivity contribution in [2.24, 2.45) is 5.41 Å². The molecular weight excluding hydrogens is 236 g/mol. The van der Waals surface area contributed by atoms with Crippen LogP contribution in [-0.2, 0) is 11.3 Å². The van der Waals surface area contributed by atoms with E-state index >= 15 is 0 Å². The maximum absolute atomic E-state index is 11.7. The van der Waals surface area contributed by atoms with Gasteiger partial charge < -0.3 is 19.7 Å². The fraction of sp³-hybridized carbons (Fsp3) is 0.500. The summed E-state index contributed by atoms with van der Waals surface area (Å²) in [7, 11) is 1.62. The van der Waals surface area contributed by atoms with E-state index in [1.54, 1.807) is 33.0 Å². The third kappa shape index (κ3) is 3.80. The number of rotatable bonds is 5. The Kier molecular flexibility index (Phi) is 4.36. The number of urea groups is 1. The lowest BCUT2D eigenvalue weighted by Crippen LogP contribution is -2.43. The van der Waals surface area contributed by atoms with Gasteiger partial charge >= 0.3 is 12.0 Å². The maximum Gasteiger partial charge on any atom is 0.317 e. The first-order valence-electron chi connectivity index (χ1n) is 5.57. The number of nitrogens with zero attached hydrogens (tertiary/aromatic N) is 1. The number of nitrogens with one attached hydrogen (secondary N) is 1. The molecule has 0 aliphatic carbocycles. The largest absolute Gasteiger partial charge is 0.481 e. The molecule has 2 amide bonds. The van der Waals surface area contributed by atoms with Crippen LogP contribution in [0.3, 0.4) is 0 Å². The van der Waals surface area contributed by atoms with E-state index in [2.05, 4.69) is 5.32 Å². The highest BCUT2D eigenvalue weighted by molar-refractivity contribution is 5.77. The van der Waals surface area contributed by atoms with Crippen LogP contribution in [0.2, 0.25) is 0 Å². The summed E-state index contributed by atoms with van der Waals surface area (Å²) in [6, 6.07) is 3.18. The van der Waals surface area contributed by atoms with E-state index in [1.165, 1.54) is 11.2 Å². The minimum Gasteiger partial charge on any atom is -0.481 e. The van der Waals surface area contributed by atoms with Crippen LogP contribution in [0.15, 0.2) is 22.8 Å². The molecule has 2 N–H and O–H groups in total. The highest BCUT2D eigenvalue weighted by Crippen LogP contribution is 2.13. The normalized spacial score (nSPS) is 11.1. The van der Waals surface area contributed by atoms with E-state index in [-0.39, 0.29) is 12.6 Å². The Bertz CT molecular complexity index is 412. The van der Waals surface area contributed by atoms with E-state index in [0.29, 0.717) is 12.3 Å². The van der Waals surface area contributed by atoms with Gasteiger partial charge in [-0.25, -0.2) is 4.79 Å². The summed E-state index contributed by atoms with van der Waals surface area (Å²) in [6.45, 7) is 3.53. The monoisotopic (exact) mass is 254 g/mol. The van der Waals surface area contributed by atoms with Gasteiger partial charge in [-0.15, -0.1) is 0 Å². The number of carbonyl (C=O) groups excluding carboxylic acids is 1. The third-order valence-corrected chi connectivity index (χ3v) is 2.58. The topological polar surface area (TPSA) is 82.8 Å². The van der Waals surface area contributed by atoms with Gasteiger partial charge in [-0.1, -0.05) is 0 Å². The van der Waals surface area contributed by atoms with E-state index in [4.69, 9.17) is 9.52 Å². The van der Waals surface area contributed by atoms with Crippen molar-refractivity contribution in [3.8, 4) is 0 Å². The number of carboxylic acids is 1. The minimum absolute atomic E-state index is 0.0731. The lowest BCUT2D eigenvalue weighted by Gasteiger charge is -2.22. The highest BCUT2D eigenvalue weighted by Gasteiger charge is 2.28. The maximum atomic E-state index is 11.7. The van der Waals surface area contributed by atoms with Crippen molar-refractivity contribution in [2.45, 2.75) is 20.4 Å². The van der Waals surface area contributed by atoms with Crippen LogP contribution < -0.4 is 5.32 Å². The van der Waals surface area contributed by atoms with Gasteiger partial charge in [-0.05, 0) is 26.0 Å². The Hall–Kier alpha value is -1.98. The predicted molar refractivity (Wildman–Crippen MR) is 65.0 cm³/mol. The van der Waals surface area contributed by atoms with Crippen LogP contribution in [0, 0.1) is 5.41 Å². The summed E-state index contributed by atoms with van der Waals surface area (Å²) >= 11 is 0. The zero-order chi connectivity index (χ0) is 13.8. The molecule has 0 saturated carbocycles. The second-order valence-electron chi connectivity index (χ2n) is 4.78. The number of furan rings is 1. The van der Waals surface area contributed by atoms with Crippen molar-refractivity contribution >= 4 is 12.0 Å². The summed E-state index contributed by atoms with van der Waals surface area (Å²) in [5.74, 6) is -0.276. The molecule has 0 radical (unpaired) electrons. The van der Waals surface area contributed by atoms with Gasteiger partial charge in [0.2, 0.25) is 0 Å². The molecule has 0 aliphatic heterocycles. The lowest BCUT2D eigenvalue weighted by molar-refractivity contribution is -0.146. The van der Waals surface area contributed by atoms with Crippen LogP contribution in [0.4, 0.5) is 4.79 Å². The molecule has 1 aromatic heterocycles. The van der Waals surface area contributed by atoms with Gasteiger partial charge in [-0.3, -0.25) is 4.79 Å². The first-order chi connectivity index (χ1) is 8.33. The van der Waals surface area contributed by atoms with Crippen molar-refractivity contribution < 1.29 is 19.1 Å². The van der Waals surface area contributed by atoms with E-state index in [0.717, 1.165) is 0 Å². The number of carbonyl (C=O) groups is 2. The van der Waals surface area contributed by atoms with E-state index in [9.17, 15) is 9.59 Å². The molecule has 18 heavy (non-hydrogen) atoms. The average Bonchev–Trinajstić information content (AvgIpc) is 2.78. The van der Waals surface area contributed by atoms with Gasteiger partial charge in [0.25, 0.3) is 0 Å². The van der Waals surface area contributed by atoms with Gasteiger partial charge in [0.15, 0.2) is 0 Å². The summed E-state index contributed by atoms with van der Waals surface area (Å²) in [5.41, 5.74) is -0.985. The first-order valence-corrected chi connectivity index (χ1v) is 5.57. The molecule has 0 fully saturated rings. The molecule has 6 nitrogen and oxygen atoms in total. The zero-order valence-corrected chi connectivity index (χ0v) is 10.8. The molecule has 100 valence electrons. The van der Waals surface area contributed by atoms with Gasteiger partial charge in [0, 0.05) is 13.6 Å². The van der Waals surface area contributed by atoms with E-state index < -0.39 is 11.4 Å². The summed E-state index contributed by atoms with van der Waals surface area (Å²) < 4.78 is 5.12. The Morgan fingerprint density at radius 3 is 2.67 bits per heavy atom. The van der Waals surface area contributed by atoms with E-state index in [1.807, 2.05) is 0 Å².